The first-order chi connectivity index (χ1) is 5.27. The molecule has 0 atom stereocenters. The molecule has 0 aromatic rings. The van der Waals surface area contributed by atoms with Gasteiger partial charge in [-0.05, 0) is 32.7 Å². The summed E-state index contributed by atoms with van der Waals surface area (Å²) in [6.07, 6.45) is 3.18. The predicted octanol–water partition coefficient (Wildman–Crippen LogP) is 1.31. The van der Waals surface area contributed by atoms with Crippen molar-refractivity contribution in [3.8, 4) is 0 Å². The van der Waals surface area contributed by atoms with E-state index in [2.05, 4.69) is 11.9 Å². The normalized spacial score (nSPS) is 10.0. The van der Waals surface area contributed by atoms with E-state index in [0.29, 0.717) is 6.61 Å². The number of unbranched alkanes of at least 4 members (excludes halogenated alkanes) is 2. The molecule has 0 aliphatic heterocycles. The fourth-order valence-corrected chi connectivity index (χ4v) is 0.840. The third-order valence-electron chi connectivity index (χ3n) is 1.44. The molecule has 0 heterocycles. The largest absolute Gasteiger partial charge is 0.396 e. The fraction of sp³-hybridized carbons (Fsp3) is 0.778. The maximum Gasteiger partial charge on any atom is 0.0431 e. The number of aliphatic hydroxyl groups is 1. The molecule has 0 aromatic heterocycles. The van der Waals surface area contributed by atoms with Crippen LogP contribution in [-0.2, 0) is 0 Å². The first-order valence-electron chi connectivity index (χ1n) is 4.23. The highest BCUT2D eigenvalue weighted by Crippen LogP contribution is 1.92. The number of rotatable bonds is 7. The van der Waals surface area contributed by atoms with E-state index < -0.39 is 0 Å². The highest BCUT2D eigenvalue weighted by molar-refractivity contribution is 4.90. The van der Waals surface area contributed by atoms with E-state index in [9.17, 15) is 0 Å². The topological polar surface area (TPSA) is 32.3 Å². The number of hydrogen-bond donors (Lipinski definition) is 2. The minimum absolute atomic E-state index is 0.320. The van der Waals surface area contributed by atoms with Gasteiger partial charge in [-0.2, -0.15) is 0 Å². The summed E-state index contributed by atoms with van der Waals surface area (Å²) in [6, 6.07) is 0. The van der Waals surface area contributed by atoms with Gasteiger partial charge in [0.1, 0.15) is 0 Å². The van der Waals surface area contributed by atoms with Crippen molar-refractivity contribution in [2.45, 2.75) is 26.2 Å². The van der Waals surface area contributed by atoms with Crippen LogP contribution in [0.4, 0.5) is 0 Å². The van der Waals surface area contributed by atoms with Crippen molar-refractivity contribution < 1.29 is 5.11 Å². The average Bonchev–Trinajstić information content (AvgIpc) is 1.96. The van der Waals surface area contributed by atoms with Crippen LogP contribution in [0.1, 0.15) is 26.2 Å². The van der Waals surface area contributed by atoms with Gasteiger partial charge in [0, 0.05) is 13.2 Å². The van der Waals surface area contributed by atoms with Gasteiger partial charge in [0.05, 0.1) is 0 Å². The van der Waals surface area contributed by atoms with Gasteiger partial charge >= 0.3 is 0 Å². The Kier molecular flexibility index (Phi) is 7.52. The summed E-state index contributed by atoms with van der Waals surface area (Å²) in [4.78, 5) is 0. The van der Waals surface area contributed by atoms with Crippen LogP contribution in [0.5, 0.6) is 0 Å². The maximum atomic E-state index is 8.48. The van der Waals surface area contributed by atoms with Crippen molar-refractivity contribution >= 4 is 0 Å². The second-order valence-corrected chi connectivity index (χ2v) is 2.92. The molecule has 0 unspecified atom stereocenters. The van der Waals surface area contributed by atoms with Crippen LogP contribution in [0.15, 0.2) is 12.2 Å². The predicted molar refractivity (Wildman–Crippen MR) is 48.6 cm³/mol. The summed E-state index contributed by atoms with van der Waals surface area (Å²) in [5.41, 5.74) is 1.17. The van der Waals surface area contributed by atoms with Crippen LogP contribution in [0.25, 0.3) is 0 Å². The zero-order valence-electron chi connectivity index (χ0n) is 7.40. The van der Waals surface area contributed by atoms with Crippen molar-refractivity contribution in [1.29, 1.82) is 0 Å². The Bertz CT molecular complexity index is 102. The van der Waals surface area contributed by atoms with E-state index in [-0.39, 0.29) is 0 Å². The summed E-state index contributed by atoms with van der Waals surface area (Å²) < 4.78 is 0. The molecular formula is C9H19NO. The second kappa shape index (κ2) is 7.76. The van der Waals surface area contributed by atoms with E-state index >= 15 is 0 Å². The fourth-order valence-electron chi connectivity index (χ4n) is 0.840. The Labute approximate surface area is 69.3 Å². The van der Waals surface area contributed by atoms with Crippen LogP contribution in [-0.4, -0.2) is 24.8 Å². The van der Waals surface area contributed by atoms with Gasteiger partial charge in [-0.3, -0.25) is 0 Å². The van der Waals surface area contributed by atoms with Gasteiger partial charge in [0.2, 0.25) is 0 Å². The van der Waals surface area contributed by atoms with Gasteiger partial charge < -0.3 is 10.4 Å². The first kappa shape index (κ1) is 10.7. The molecule has 0 aliphatic rings. The molecular weight excluding hydrogens is 138 g/mol. The zero-order valence-corrected chi connectivity index (χ0v) is 7.40. The van der Waals surface area contributed by atoms with E-state index in [1.165, 1.54) is 5.57 Å². The highest BCUT2D eigenvalue weighted by atomic mass is 16.2. The second-order valence-electron chi connectivity index (χ2n) is 2.92. The monoisotopic (exact) mass is 157 g/mol. The number of nitrogens with one attached hydrogen (secondary N) is 1. The lowest BCUT2D eigenvalue weighted by Crippen LogP contribution is -2.17. The lowest BCUT2D eigenvalue weighted by Gasteiger charge is -2.02. The van der Waals surface area contributed by atoms with E-state index in [1.54, 1.807) is 0 Å². The van der Waals surface area contributed by atoms with Gasteiger partial charge in [-0.1, -0.05) is 12.2 Å². The number of aliphatic hydroxyl groups excluding tert-OH is 1. The van der Waals surface area contributed by atoms with Gasteiger partial charge in [-0.15, -0.1) is 0 Å². The standard InChI is InChI=1S/C9H19NO/c1-9(2)8-10-6-4-3-5-7-11/h10-11H,1,3-8H2,2H3. The smallest absolute Gasteiger partial charge is 0.0431 e. The van der Waals surface area contributed by atoms with Crippen molar-refractivity contribution in [2.75, 3.05) is 19.7 Å². The molecule has 0 aromatic carbocycles. The molecule has 2 nitrogen and oxygen atoms in total. The van der Waals surface area contributed by atoms with E-state index in [1.807, 2.05) is 6.92 Å². The van der Waals surface area contributed by atoms with E-state index in [0.717, 1.165) is 32.4 Å². The highest BCUT2D eigenvalue weighted by Gasteiger charge is 1.88. The Hall–Kier alpha value is -0.340. The maximum absolute atomic E-state index is 8.48. The first-order valence-corrected chi connectivity index (χ1v) is 4.23. The molecule has 0 rings (SSSR count). The molecule has 0 fully saturated rings. The Balaban J connectivity index is 2.85. The molecule has 2 heteroatoms. The van der Waals surface area contributed by atoms with Crippen LogP contribution >= 0.6 is 0 Å². The van der Waals surface area contributed by atoms with Crippen LogP contribution in [0, 0.1) is 0 Å². The lowest BCUT2D eigenvalue weighted by molar-refractivity contribution is 0.283. The molecule has 0 spiro atoms. The summed E-state index contributed by atoms with van der Waals surface area (Å²) in [7, 11) is 0. The minimum Gasteiger partial charge on any atom is -0.396 e. The summed E-state index contributed by atoms with van der Waals surface area (Å²) >= 11 is 0. The van der Waals surface area contributed by atoms with Gasteiger partial charge in [0.15, 0.2) is 0 Å². The Morgan fingerprint density at radius 1 is 1.36 bits per heavy atom. The zero-order chi connectivity index (χ0) is 8.53. The summed E-state index contributed by atoms with van der Waals surface area (Å²) in [5.74, 6) is 0. The molecule has 0 bridgehead atoms. The molecule has 0 saturated carbocycles. The van der Waals surface area contributed by atoms with Crippen molar-refractivity contribution in [2.24, 2.45) is 0 Å². The average molecular weight is 157 g/mol. The quantitative estimate of drug-likeness (QED) is 0.431. The van der Waals surface area contributed by atoms with Crippen molar-refractivity contribution in [3.63, 3.8) is 0 Å². The van der Waals surface area contributed by atoms with Crippen LogP contribution in [0.2, 0.25) is 0 Å². The molecule has 0 radical (unpaired) electrons. The Morgan fingerprint density at radius 2 is 2.09 bits per heavy atom. The van der Waals surface area contributed by atoms with Crippen LogP contribution in [0.3, 0.4) is 0 Å². The molecule has 2 N–H and O–H groups in total. The van der Waals surface area contributed by atoms with Crippen LogP contribution < -0.4 is 5.32 Å². The molecule has 66 valence electrons. The third kappa shape index (κ3) is 9.66. The Morgan fingerprint density at radius 3 is 2.64 bits per heavy atom. The van der Waals surface area contributed by atoms with Gasteiger partial charge in [-0.25, -0.2) is 0 Å². The van der Waals surface area contributed by atoms with E-state index in [4.69, 9.17) is 5.11 Å². The number of hydrogen-bond acceptors (Lipinski definition) is 2. The SMILES string of the molecule is C=C(C)CNCCCCCO. The van der Waals surface area contributed by atoms with Gasteiger partial charge in [0.25, 0.3) is 0 Å². The van der Waals surface area contributed by atoms with Crippen molar-refractivity contribution in [1.82, 2.24) is 5.32 Å². The van der Waals surface area contributed by atoms with Crippen molar-refractivity contribution in [3.05, 3.63) is 12.2 Å². The molecule has 0 amide bonds. The molecule has 0 aliphatic carbocycles. The third-order valence-corrected chi connectivity index (χ3v) is 1.44. The summed E-state index contributed by atoms with van der Waals surface area (Å²) in [6.45, 7) is 8.07. The summed E-state index contributed by atoms with van der Waals surface area (Å²) in [5, 5.41) is 11.7. The minimum atomic E-state index is 0.320. The lowest BCUT2D eigenvalue weighted by atomic mass is 10.2. The molecule has 11 heavy (non-hydrogen) atoms. The molecule has 0 saturated heterocycles.